The predicted octanol–water partition coefficient (Wildman–Crippen LogP) is 2.65. The van der Waals surface area contributed by atoms with Gasteiger partial charge in [0.1, 0.15) is 11.4 Å². The highest BCUT2D eigenvalue weighted by Crippen LogP contribution is 2.19. The van der Waals surface area contributed by atoms with Crippen molar-refractivity contribution in [1.82, 2.24) is 25.5 Å². The maximum absolute atomic E-state index is 12.3. The van der Waals surface area contributed by atoms with Crippen molar-refractivity contribution in [3.63, 3.8) is 0 Å². The van der Waals surface area contributed by atoms with Crippen LogP contribution in [0, 0.1) is 0 Å². The van der Waals surface area contributed by atoms with E-state index in [2.05, 4.69) is 32.4 Å². The molecule has 1 aromatic carbocycles. The first-order valence-corrected chi connectivity index (χ1v) is 9.94. The van der Waals surface area contributed by atoms with E-state index in [4.69, 9.17) is 4.74 Å². The minimum absolute atomic E-state index is 0.135. The van der Waals surface area contributed by atoms with Gasteiger partial charge in [0.05, 0.1) is 18.3 Å². The molecule has 0 aliphatic rings. The molecule has 8 heteroatoms. The van der Waals surface area contributed by atoms with Crippen molar-refractivity contribution in [2.45, 2.75) is 45.8 Å². The van der Waals surface area contributed by atoms with Crippen LogP contribution in [-0.2, 0) is 17.8 Å². The summed E-state index contributed by atoms with van der Waals surface area (Å²) in [6.07, 6.45) is 3.08. The van der Waals surface area contributed by atoms with Crippen LogP contribution in [0.25, 0.3) is 11.4 Å². The van der Waals surface area contributed by atoms with Crippen LogP contribution < -0.4 is 15.6 Å². The SMILES string of the molecule is CCC(C)Oc1ccc(-c2nnc(CCC(=O)NCc3ccccn3)c(=O)[nH]2)cc1. The highest BCUT2D eigenvalue weighted by molar-refractivity contribution is 5.76. The van der Waals surface area contributed by atoms with E-state index in [9.17, 15) is 9.59 Å². The number of aryl methyl sites for hydroxylation is 1. The number of hydrogen-bond donors (Lipinski definition) is 2. The highest BCUT2D eigenvalue weighted by Gasteiger charge is 2.10. The molecule has 0 bridgehead atoms. The van der Waals surface area contributed by atoms with Crippen molar-refractivity contribution in [2.75, 3.05) is 0 Å². The number of ether oxygens (including phenoxy) is 1. The third kappa shape index (κ3) is 5.97. The summed E-state index contributed by atoms with van der Waals surface area (Å²) in [4.78, 5) is 31.2. The van der Waals surface area contributed by atoms with Crippen molar-refractivity contribution in [3.05, 3.63) is 70.4 Å². The maximum atomic E-state index is 12.3. The third-order valence-electron chi connectivity index (χ3n) is 4.59. The van der Waals surface area contributed by atoms with Crippen LogP contribution in [0.15, 0.2) is 53.5 Å². The van der Waals surface area contributed by atoms with Gasteiger partial charge >= 0.3 is 0 Å². The van der Waals surface area contributed by atoms with E-state index in [0.717, 1.165) is 23.4 Å². The molecule has 0 spiro atoms. The molecule has 0 aliphatic heterocycles. The number of amides is 1. The molecule has 0 saturated heterocycles. The van der Waals surface area contributed by atoms with E-state index < -0.39 is 0 Å². The lowest BCUT2D eigenvalue weighted by Crippen LogP contribution is -2.25. The number of nitrogens with one attached hydrogen (secondary N) is 2. The second-order valence-corrected chi connectivity index (χ2v) is 6.91. The molecule has 1 atom stereocenters. The smallest absolute Gasteiger partial charge is 0.273 e. The standard InChI is InChI=1S/C22H25N5O3/c1-3-15(2)30-18-9-7-16(8-10-18)21-25-22(29)19(26-27-21)11-12-20(28)24-14-17-6-4-5-13-23-17/h4-10,13,15H,3,11-12,14H2,1-2H3,(H,24,28)(H,25,27,29). The summed E-state index contributed by atoms with van der Waals surface area (Å²) in [5.74, 6) is 0.956. The predicted molar refractivity (Wildman–Crippen MR) is 113 cm³/mol. The van der Waals surface area contributed by atoms with Crippen LogP contribution in [0.3, 0.4) is 0 Å². The van der Waals surface area contributed by atoms with Gasteiger partial charge < -0.3 is 15.0 Å². The zero-order valence-corrected chi connectivity index (χ0v) is 17.1. The molecular formula is C22H25N5O3. The van der Waals surface area contributed by atoms with Gasteiger partial charge in [-0.1, -0.05) is 13.0 Å². The first-order valence-electron chi connectivity index (χ1n) is 9.94. The number of aromatic nitrogens is 4. The minimum atomic E-state index is -0.350. The Labute approximate surface area is 174 Å². The topological polar surface area (TPSA) is 110 Å². The van der Waals surface area contributed by atoms with Gasteiger partial charge in [-0.2, -0.15) is 0 Å². The Bertz CT molecular complexity index is 1020. The maximum Gasteiger partial charge on any atom is 0.273 e. The number of hydrogen-bond acceptors (Lipinski definition) is 6. The largest absolute Gasteiger partial charge is 0.491 e. The Morgan fingerprint density at radius 1 is 1.17 bits per heavy atom. The molecule has 3 aromatic rings. The molecule has 0 fully saturated rings. The van der Waals surface area contributed by atoms with Gasteiger partial charge in [-0.15, -0.1) is 10.2 Å². The summed E-state index contributed by atoms with van der Waals surface area (Å²) in [5.41, 5.74) is 1.38. The van der Waals surface area contributed by atoms with Gasteiger partial charge in [-0.3, -0.25) is 14.6 Å². The van der Waals surface area contributed by atoms with Crippen molar-refractivity contribution in [2.24, 2.45) is 0 Å². The molecule has 0 radical (unpaired) electrons. The van der Waals surface area contributed by atoms with E-state index >= 15 is 0 Å². The molecule has 2 aromatic heterocycles. The van der Waals surface area contributed by atoms with Crippen LogP contribution in [0.1, 0.15) is 38.1 Å². The molecule has 30 heavy (non-hydrogen) atoms. The summed E-state index contributed by atoms with van der Waals surface area (Å²) in [7, 11) is 0. The molecule has 1 unspecified atom stereocenters. The van der Waals surface area contributed by atoms with Crippen LogP contribution in [-0.4, -0.2) is 32.2 Å². The zero-order valence-electron chi connectivity index (χ0n) is 17.1. The average Bonchev–Trinajstić information content (AvgIpc) is 2.78. The second-order valence-electron chi connectivity index (χ2n) is 6.91. The lowest BCUT2D eigenvalue weighted by molar-refractivity contribution is -0.121. The summed E-state index contributed by atoms with van der Waals surface area (Å²) >= 11 is 0. The summed E-state index contributed by atoms with van der Waals surface area (Å²) in [6.45, 7) is 4.41. The van der Waals surface area contributed by atoms with E-state index in [1.165, 1.54) is 0 Å². The van der Waals surface area contributed by atoms with Crippen molar-refractivity contribution in [1.29, 1.82) is 0 Å². The number of pyridine rings is 1. The number of rotatable bonds is 9. The van der Waals surface area contributed by atoms with Gasteiger partial charge in [0.25, 0.3) is 5.56 Å². The number of carbonyl (C=O) groups excluding carboxylic acids is 1. The van der Waals surface area contributed by atoms with Crippen LogP contribution in [0.2, 0.25) is 0 Å². The summed E-state index contributed by atoms with van der Waals surface area (Å²) < 4.78 is 5.75. The molecule has 2 heterocycles. The first-order chi connectivity index (χ1) is 14.5. The van der Waals surface area contributed by atoms with Crippen LogP contribution in [0.5, 0.6) is 5.75 Å². The average molecular weight is 407 g/mol. The highest BCUT2D eigenvalue weighted by atomic mass is 16.5. The second kappa shape index (κ2) is 10.3. The minimum Gasteiger partial charge on any atom is -0.491 e. The summed E-state index contributed by atoms with van der Waals surface area (Å²) in [6, 6.07) is 12.8. The Balaban J connectivity index is 1.56. The van der Waals surface area contributed by atoms with E-state index in [0.29, 0.717) is 12.4 Å². The molecule has 0 saturated carbocycles. The molecule has 2 N–H and O–H groups in total. The van der Waals surface area contributed by atoms with Gasteiger partial charge in [-0.05, 0) is 49.7 Å². The fourth-order valence-corrected chi connectivity index (χ4v) is 2.67. The number of carbonyl (C=O) groups is 1. The normalized spacial score (nSPS) is 11.7. The fraction of sp³-hybridized carbons (Fsp3) is 0.318. The Kier molecular flexibility index (Phi) is 7.26. The Morgan fingerprint density at radius 2 is 1.97 bits per heavy atom. The quantitative estimate of drug-likeness (QED) is 0.564. The van der Waals surface area contributed by atoms with Crippen molar-refractivity contribution < 1.29 is 9.53 Å². The van der Waals surface area contributed by atoms with E-state index in [1.807, 2.05) is 49.4 Å². The van der Waals surface area contributed by atoms with Crippen molar-refractivity contribution >= 4 is 5.91 Å². The molecular weight excluding hydrogens is 382 g/mol. The number of nitrogens with zero attached hydrogens (tertiary/aromatic N) is 3. The van der Waals surface area contributed by atoms with Crippen LogP contribution >= 0.6 is 0 Å². The Morgan fingerprint density at radius 3 is 2.63 bits per heavy atom. The monoisotopic (exact) mass is 407 g/mol. The van der Waals surface area contributed by atoms with Crippen LogP contribution in [0.4, 0.5) is 0 Å². The number of aromatic amines is 1. The fourth-order valence-electron chi connectivity index (χ4n) is 2.67. The lowest BCUT2D eigenvalue weighted by Gasteiger charge is -2.12. The van der Waals surface area contributed by atoms with Gasteiger partial charge in [0.15, 0.2) is 5.82 Å². The van der Waals surface area contributed by atoms with Gasteiger partial charge in [0.2, 0.25) is 5.91 Å². The number of benzene rings is 1. The first kappa shape index (κ1) is 21.2. The number of H-pyrrole nitrogens is 1. The molecule has 3 rings (SSSR count). The molecule has 156 valence electrons. The molecule has 1 amide bonds. The van der Waals surface area contributed by atoms with E-state index in [1.54, 1.807) is 6.20 Å². The summed E-state index contributed by atoms with van der Waals surface area (Å²) in [5, 5.41) is 10.9. The zero-order chi connectivity index (χ0) is 21.3. The molecule has 8 nitrogen and oxygen atoms in total. The lowest BCUT2D eigenvalue weighted by atomic mass is 10.2. The third-order valence-corrected chi connectivity index (χ3v) is 4.59. The Hall–Kier alpha value is -3.55. The van der Waals surface area contributed by atoms with E-state index in [-0.39, 0.29) is 36.1 Å². The van der Waals surface area contributed by atoms with Crippen molar-refractivity contribution in [3.8, 4) is 17.1 Å². The molecule has 0 aliphatic carbocycles. The van der Waals surface area contributed by atoms with Gasteiger partial charge in [-0.25, -0.2) is 0 Å². The van der Waals surface area contributed by atoms with Gasteiger partial charge in [0, 0.05) is 24.6 Å².